The Labute approximate surface area is 320 Å². The molecule has 4 heterocycles. The van der Waals surface area contributed by atoms with E-state index < -0.39 is 8.32 Å². The Morgan fingerprint density at radius 2 is 1.69 bits per heavy atom. The number of carbonyl (C=O) groups is 1. The van der Waals surface area contributed by atoms with Crippen LogP contribution < -0.4 is 4.74 Å². The van der Waals surface area contributed by atoms with Crippen LogP contribution in [0.25, 0.3) is 22.4 Å². The minimum absolute atomic E-state index is 0.0647. The third kappa shape index (κ3) is 8.30. The van der Waals surface area contributed by atoms with Crippen LogP contribution in [0.5, 0.6) is 5.88 Å². The topological polar surface area (TPSA) is 80.7 Å². The Bertz CT molecular complexity index is 1960. The molecule has 0 radical (unpaired) electrons. The number of fused-ring (bicyclic) bond motifs is 1. The van der Waals surface area contributed by atoms with Crippen molar-refractivity contribution in [2.45, 2.75) is 78.7 Å². The Hall–Kier alpha value is -3.18. The van der Waals surface area contributed by atoms with Crippen LogP contribution in [-0.2, 0) is 30.4 Å². The summed E-state index contributed by atoms with van der Waals surface area (Å²) in [7, 11) is -0.170. The van der Waals surface area contributed by atoms with E-state index in [2.05, 4.69) is 57.5 Å². The number of hydrogen-bond donors (Lipinski definition) is 0. The second-order valence-corrected chi connectivity index (χ2v) is 21.5. The number of carbonyl (C=O) groups excluding carboxylic acids is 1. The SMILES string of the molecule is COc1nc(-c2cccc(-c3cccc(CC(=O)c4cc(C)c5c(n4)CCN(CCO[Si](C)(C)C(C)(C)C)C5)c3Cl)c2Cl)cnc1CN1CC(C)C1. The predicted molar refractivity (Wildman–Crippen MR) is 213 cm³/mol. The summed E-state index contributed by atoms with van der Waals surface area (Å²) in [6.07, 6.45) is 2.68. The van der Waals surface area contributed by atoms with Crippen LogP contribution in [0.4, 0.5) is 0 Å². The number of methoxy groups -OCH3 is 1. The molecular weight excluding hydrogens is 709 g/mol. The first-order valence-corrected chi connectivity index (χ1v) is 21.9. The molecule has 8 nitrogen and oxygen atoms in total. The Morgan fingerprint density at radius 3 is 2.38 bits per heavy atom. The molecule has 276 valence electrons. The zero-order chi connectivity index (χ0) is 37.4. The van der Waals surface area contributed by atoms with Gasteiger partial charge >= 0.3 is 0 Å². The van der Waals surface area contributed by atoms with Crippen LogP contribution >= 0.6 is 23.2 Å². The lowest BCUT2D eigenvalue weighted by Gasteiger charge is -2.37. The summed E-state index contributed by atoms with van der Waals surface area (Å²) in [6.45, 7) is 21.8. The predicted octanol–water partition coefficient (Wildman–Crippen LogP) is 9.09. The highest BCUT2D eigenvalue weighted by Crippen LogP contribution is 2.41. The van der Waals surface area contributed by atoms with Gasteiger partial charge < -0.3 is 9.16 Å². The van der Waals surface area contributed by atoms with Crippen molar-refractivity contribution in [1.82, 2.24) is 24.8 Å². The van der Waals surface area contributed by atoms with Gasteiger partial charge in [-0.2, -0.15) is 0 Å². The molecule has 2 aromatic heterocycles. The van der Waals surface area contributed by atoms with Crippen LogP contribution in [0.15, 0.2) is 48.7 Å². The van der Waals surface area contributed by atoms with Crippen LogP contribution in [0.3, 0.4) is 0 Å². The minimum Gasteiger partial charge on any atom is -0.480 e. The summed E-state index contributed by atoms with van der Waals surface area (Å²) < 4.78 is 12.1. The van der Waals surface area contributed by atoms with Gasteiger partial charge in [-0.3, -0.25) is 19.6 Å². The molecule has 0 atom stereocenters. The number of halogens is 2. The van der Waals surface area contributed by atoms with E-state index in [0.717, 1.165) is 85.0 Å². The zero-order valence-electron chi connectivity index (χ0n) is 31.8. The Kier molecular flexibility index (Phi) is 11.6. The molecule has 11 heteroatoms. The van der Waals surface area contributed by atoms with Crippen molar-refractivity contribution in [2.75, 3.05) is 39.9 Å². The number of ether oxygens (including phenoxy) is 1. The first-order valence-electron chi connectivity index (χ1n) is 18.2. The number of aryl methyl sites for hydroxylation is 1. The fourth-order valence-electron chi connectivity index (χ4n) is 6.83. The third-order valence-electron chi connectivity index (χ3n) is 11.0. The number of likely N-dealkylation sites (tertiary alicyclic amines) is 1. The normalized spacial score (nSPS) is 15.7. The highest BCUT2D eigenvalue weighted by molar-refractivity contribution is 6.74. The van der Waals surface area contributed by atoms with E-state index in [1.165, 1.54) is 5.56 Å². The molecule has 0 N–H and O–H groups in total. The van der Waals surface area contributed by atoms with Gasteiger partial charge in [-0.15, -0.1) is 0 Å². The number of hydrogen-bond acceptors (Lipinski definition) is 8. The fourth-order valence-corrected chi connectivity index (χ4v) is 8.48. The average molecular weight is 761 g/mol. The summed E-state index contributed by atoms with van der Waals surface area (Å²) in [5.74, 6) is 1.13. The third-order valence-corrected chi connectivity index (χ3v) is 16.3. The van der Waals surface area contributed by atoms with E-state index in [1.54, 1.807) is 13.3 Å². The van der Waals surface area contributed by atoms with Crippen molar-refractivity contribution >= 4 is 37.3 Å². The summed E-state index contributed by atoms with van der Waals surface area (Å²) >= 11 is 14.1. The number of benzene rings is 2. The van der Waals surface area contributed by atoms with Gasteiger partial charge in [0.1, 0.15) is 11.4 Å². The van der Waals surface area contributed by atoms with Crippen LogP contribution in [0.2, 0.25) is 28.2 Å². The average Bonchev–Trinajstić information content (AvgIpc) is 3.08. The van der Waals surface area contributed by atoms with Crippen LogP contribution in [0.1, 0.15) is 66.3 Å². The summed E-state index contributed by atoms with van der Waals surface area (Å²) in [6, 6.07) is 13.4. The van der Waals surface area contributed by atoms with E-state index in [-0.39, 0.29) is 17.2 Å². The second kappa shape index (κ2) is 15.7. The molecular formula is C41H51Cl2N5O3Si. The van der Waals surface area contributed by atoms with Gasteiger partial charge in [0.15, 0.2) is 14.1 Å². The second-order valence-electron chi connectivity index (χ2n) is 15.9. The van der Waals surface area contributed by atoms with E-state index in [0.29, 0.717) is 39.8 Å². The molecule has 2 aliphatic rings. The lowest BCUT2D eigenvalue weighted by atomic mass is 9.96. The molecule has 52 heavy (non-hydrogen) atoms. The first-order chi connectivity index (χ1) is 24.6. The van der Waals surface area contributed by atoms with Crippen molar-refractivity contribution in [1.29, 1.82) is 0 Å². The molecule has 0 unspecified atom stereocenters. The van der Waals surface area contributed by atoms with E-state index in [4.69, 9.17) is 47.3 Å². The molecule has 0 aliphatic carbocycles. The molecule has 0 amide bonds. The summed E-state index contributed by atoms with van der Waals surface area (Å²) in [5, 5.41) is 1.18. The number of nitrogens with zero attached hydrogens (tertiary/aromatic N) is 5. The van der Waals surface area contributed by atoms with Crippen molar-refractivity contribution < 1.29 is 14.0 Å². The van der Waals surface area contributed by atoms with Gasteiger partial charge in [-0.1, -0.05) is 87.3 Å². The fraction of sp³-hybridized carbons (Fsp3) is 0.463. The summed E-state index contributed by atoms with van der Waals surface area (Å²) in [5.41, 5.74) is 8.16. The minimum atomic E-state index is -1.78. The molecule has 6 rings (SSSR count). The van der Waals surface area contributed by atoms with E-state index >= 15 is 0 Å². The van der Waals surface area contributed by atoms with E-state index in [1.807, 2.05) is 42.5 Å². The maximum atomic E-state index is 13.7. The molecule has 1 saturated heterocycles. The Balaban J connectivity index is 1.16. The van der Waals surface area contributed by atoms with E-state index in [9.17, 15) is 4.79 Å². The first kappa shape index (κ1) is 38.5. The van der Waals surface area contributed by atoms with Crippen molar-refractivity contribution in [3.05, 3.63) is 92.5 Å². The highest BCUT2D eigenvalue weighted by atomic mass is 35.5. The standard InChI is InChI=1S/C41H51Cl2N5O3Si/c1-26-22-48(23-26)25-36-40(50-6)46-35(21-44-36)31-14-10-13-30(39(31)43)29-12-9-11-28(38(29)42)20-37(49)34-19-27(2)32-24-47(16-15-33(32)45-34)17-18-51-52(7,8)41(3,4)5/h9-14,19,21,26H,15-18,20,22-25H2,1-8H3. The van der Waals surface area contributed by atoms with Gasteiger partial charge in [0.25, 0.3) is 0 Å². The molecule has 2 aromatic carbocycles. The number of aromatic nitrogens is 3. The lowest BCUT2D eigenvalue weighted by molar-refractivity contribution is 0.0987. The monoisotopic (exact) mass is 759 g/mol. The maximum absolute atomic E-state index is 13.7. The lowest BCUT2D eigenvalue weighted by Crippen LogP contribution is -2.44. The number of rotatable bonds is 12. The van der Waals surface area contributed by atoms with Crippen LogP contribution in [0, 0.1) is 12.8 Å². The van der Waals surface area contributed by atoms with Gasteiger partial charge in [0.05, 0.1) is 29.0 Å². The zero-order valence-corrected chi connectivity index (χ0v) is 34.3. The van der Waals surface area contributed by atoms with Crippen molar-refractivity contribution in [3.63, 3.8) is 0 Å². The highest BCUT2D eigenvalue weighted by Gasteiger charge is 2.37. The van der Waals surface area contributed by atoms with Crippen molar-refractivity contribution in [3.8, 4) is 28.3 Å². The van der Waals surface area contributed by atoms with Crippen LogP contribution in [-0.4, -0.2) is 78.7 Å². The maximum Gasteiger partial charge on any atom is 0.237 e. The molecule has 0 saturated carbocycles. The molecule has 0 spiro atoms. The molecule has 4 aromatic rings. The number of pyridine rings is 1. The van der Waals surface area contributed by atoms with Crippen molar-refractivity contribution in [2.24, 2.45) is 5.92 Å². The molecule has 1 fully saturated rings. The number of ketones is 1. The van der Waals surface area contributed by atoms with Gasteiger partial charge in [-0.25, -0.2) is 9.97 Å². The quantitative estimate of drug-likeness (QED) is 0.105. The Morgan fingerprint density at radius 1 is 1.00 bits per heavy atom. The largest absolute Gasteiger partial charge is 0.480 e. The van der Waals surface area contributed by atoms with Gasteiger partial charge in [0, 0.05) is 81.1 Å². The van der Waals surface area contributed by atoms with Gasteiger partial charge in [0.2, 0.25) is 5.88 Å². The smallest absolute Gasteiger partial charge is 0.237 e. The molecule has 2 aliphatic heterocycles. The van der Waals surface area contributed by atoms with Gasteiger partial charge in [-0.05, 0) is 53.7 Å². The number of Topliss-reactive ketones (excluding diaryl/α,β-unsaturated/α-hetero) is 1. The summed E-state index contributed by atoms with van der Waals surface area (Å²) in [4.78, 5) is 32.9. The molecule has 0 bridgehead atoms.